The van der Waals surface area contributed by atoms with Gasteiger partial charge in [-0.3, -0.25) is 8.80 Å². The summed E-state index contributed by atoms with van der Waals surface area (Å²) in [7, 11) is 0. The van der Waals surface area contributed by atoms with Crippen LogP contribution in [0, 0.1) is 0 Å². The number of fused-ring (bicyclic) bond motifs is 14. The van der Waals surface area contributed by atoms with E-state index in [0.717, 1.165) is 0 Å². The second-order valence-electron chi connectivity index (χ2n) is 11.3. The number of aromatic nitrogens is 3. The maximum atomic E-state index is 2.57. The molecule has 0 N–H and O–H groups in total. The van der Waals surface area contributed by atoms with Gasteiger partial charge in [0.2, 0.25) is 0 Å². The van der Waals surface area contributed by atoms with E-state index in [4.69, 9.17) is 0 Å². The van der Waals surface area contributed by atoms with Crippen molar-refractivity contribution in [3.63, 3.8) is 0 Å². The summed E-state index contributed by atoms with van der Waals surface area (Å²) in [4.78, 5) is 0. The van der Waals surface area contributed by atoms with Gasteiger partial charge in [-0.05, 0) is 24.3 Å². The minimum atomic E-state index is 1.21. The molecule has 0 atom stereocenters. The Morgan fingerprint density at radius 1 is 0.317 bits per heavy atom. The molecule has 0 aliphatic heterocycles. The quantitative estimate of drug-likeness (QED) is 0.205. The van der Waals surface area contributed by atoms with Gasteiger partial charge < -0.3 is 4.57 Å². The molecule has 0 aliphatic carbocycles. The normalized spacial score (nSPS) is 12.9. The van der Waals surface area contributed by atoms with Crippen molar-refractivity contribution in [2.45, 2.75) is 0 Å². The van der Waals surface area contributed by atoms with Crippen molar-refractivity contribution in [3.05, 3.63) is 127 Å². The highest BCUT2D eigenvalue weighted by Crippen LogP contribution is 2.47. The number of hydrogen-bond acceptors (Lipinski definition) is 0. The minimum Gasteiger partial charge on any atom is -0.307 e. The van der Waals surface area contributed by atoms with Crippen molar-refractivity contribution < 1.29 is 0 Å². The molecule has 5 heterocycles. The second kappa shape index (κ2) is 6.78. The van der Waals surface area contributed by atoms with Crippen molar-refractivity contribution in [2.75, 3.05) is 0 Å². The van der Waals surface area contributed by atoms with E-state index in [1.165, 1.54) is 92.9 Å². The molecular formula is C38H21N3. The van der Waals surface area contributed by atoms with Crippen molar-refractivity contribution in [1.82, 2.24) is 13.4 Å². The van der Waals surface area contributed by atoms with E-state index in [-0.39, 0.29) is 0 Å². The van der Waals surface area contributed by atoms with Gasteiger partial charge in [-0.15, -0.1) is 0 Å². The van der Waals surface area contributed by atoms with E-state index in [9.17, 15) is 0 Å². The summed E-state index contributed by atoms with van der Waals surface area (Å²) in [5.74, 6) is 0. The Hall–Kier alpha value is -5.54. The SMILES string of the molecule is c1ccc2c(c1)c1ccccc1n2-c1cccc2c3cccc4c5c6cccc7c8ccccc8n(c76)c5n(c12)c34. The van der Waals surface area contributed by atoms with Gasteiger partial charge in [-0.25, -0.2) is 0 Å². The predicted octanol–water partition coefficient (Wildman–Crippen LogP) is 9.93. The van der Waals surface area contributed by atoms with Crippen LogP contribution in [0.25, 0.3) is 92.9 Å². The van der Waals surface area contributed by atoms with Gasteiger partial charge in [0.1, 0.15) is 5.65 Å². The van der Waals surface area contributed by atoms with E-state index in [1.54, 1.807) is 0 Å². The Morgan fingerprint density at radius 2 is 0.756 bits per heavy atom. The Kier molecular flexibility index (Phi) is 3.37. The summed E-state index contributed by atoms with van der Waals surface area (Å²) in [5, 5.41) is 11.8. The van der Waals surface area contributed by atoms with Crippen LogP contribution in [0.1, 0.15) is 0 Å². The maximum Gasteiger partial charge on any atom is 0.131 e. The van der Waals surface area contributed by atoms with Crippen LogP contribution in [0.2, 0.25) is 0 Å². The summed E-state index contributed by atoms with van der Waals surface area (Å²) >= 11 is 0. The third-order valence-electron chi connectivity index (χ3n) is 9.49. The molecule has 0 fully saturated rings. The van der Waals surface area contributed by atoms with Crippen LogP contribution in [0.4, 0.5) is 0 Å². The molecule has 11 aromatic rings. The second-order valence-corrected chi connectivity index (χ2v) is 11.3. The Bertz CT molecular complexity index is 2800. The van der Waals surface area contributed by atoms with Crippen LogP contribution in [-0.4, -0.2) is 13.4 Å². The molecule has 0 aliphatic rings. The largest absolute Gasteiger partial charge is 0.307 e. The number of rotatable bonds is 1. The van der Waals surface area contributed by atoms with Crippen LogP contribution in [-0.2, 0) is 0 Å². The topological polar surface area (TPSA) is 13.8 Å². The Balaban J connectivity index is 1.48. The highest BCUT2D eigenvalue weighted by molar-refractivity contribution is 6.33. The van der Waals surface area contributed by atoms with Crippen LogP contribution in [0.5, 0.6) is 0 Å². The summed E-state index contributed by atoms with van der Waals surface area (Å²) in [6.07, 6.45) is 0. The molecule has 41 heavy (non-hydrogen) atoms. The number of para-hydroxylation sites is 6. The molecule has 0 bridgehead atoms. The van der Waals surface area contributed by atoms with Gasteiger partial charge in [0, 0.05) is 48.5 Å². The fraction of sp³-hybridized carbons (Fsp3) is 0. The third kappa shape index (κ3) is 2.17. The van der Waals surface area contributed by atoms with Gasteiger partial charge >= 0.3 is 0 Å². The summed E-state index contributed by atoms with van der Waals surface area (Å²) < 4.78 is 7.57. The first-order chi connectivity index (χ1) is 20.4. The van der Waals surface area contributed by atoms with Gasteiger partial charge in [0.15, 0.2) is 0 Å². The zero-order chi connectivity index (χ0) is 26.4. The van der Waals surface area contributed by atoms with Crippen molar-refractivity contribution in [3.8, 4) is 5.69 Å². The van der Waals surface area contributed by atoms with Crippen LogP contribution in [0.3, 0.4) is 0 Å². The molecule has 0 saturated heterocycles. The zero-order valence-corrected chi connectivity index (χ0v) is 22.0. The standard InChI is InChI=1S/C38H21N3/c1-4-18-30-22(10-1)23-11-2-5-19-31(23)39(30)33-21-9-15-27-26-14-8-17-29-34-28-16-7-13-25-24-12-3-6-20-32(24)40(35(25)28)38(34)41(36(26)29)37(27)33/h1-21H. The van der Waals surface area contributed by atoms with Gasteiger partial charge in [-0.1, -0.05) is 103 Å². The Labute approximate surface area is 233 Å². The molecule has 188 valence electrons. The molecule has 0 radical (unpaired) electrons. The fourth-order valence-electron chi connectivity index (χ4n) is 8.02. The molecule has 0 saturated carbocycles. The lowest BCUT2D eigenvalue weighted by Gasteiger charge is -2.11. The van der Waals surface area contributed by atoms with Crippen LogP contribution >= 0.6 is 0 Å². The predicted molar refractivity (Wildman–Crippen MR) is 173 cm³/mol. The lowest BCUT2D eigenvalue weighted by Crippen LogP contribution is -1.97. The zero-order valence-electron chi connectivity index (χ0n) is 22.0. The van der Waals surface area contributed by atoms with Crippen LogP contribution in [0.15, 0.2) is 127 Å². The number of nitrogens with zero attached hydrogens (tertiary/aromatic N) is 3. The summed E-state index contributed by atoms with van der Waals surface area (Å²) in [6, 6.07) is 46.9. The summed E-state index contributed by atoms with van der Waals surface area (Å²) in [6.45, 7) is 0. The molecule has 3 heteroatoms. The molecule has 6 aromatic carbocycles. The van der Waals surface area contributed by atoms with E-state index >= 15 is 0 Å². The van der Waals surface area contributed by atoms with E-state index in [0.29, 0.717) is 0 Å². The van der Waals surface area contributed by atoms with Crippen molar-refractivity contribution in [2.24, 2.45) is 0 Å². The fourth-order valence-corrected chi connectivity index (χ4v) is 8.02. The van der Waals surface area contributed by atoms with Gasteiger partial charge in [0.05, 0.1) is 38.8 Å². The number of benzene rings is 6. The highest BCUT2D eigenvalue weighted by Gasteiger charge is 2.27. The smallest absolute Gasteiger partial charge is 0.131 e. The average molecular weight is 520 g/mol. The summed E-state index contributed by atoms with van der Waals surface area (Å²) in [5.41, 5.74) is 10.1. The molecule has 11 rings (SSSR count). The highest BCUT2D eigenvalue weighted by atomic mass is 15.1. The first kappa shape index (κ1) is 20.4. The van der Waals surface area contributed by atoms with E-state index in [2.05, 4.69) is 141 Å². The lowest BCUT2D eigenvalue weighted by atomic mass is 10.1. The molecule has 3 nitrogen and oxygen atoms in total. The third-order valence-corrected chi connectivity index (χ3v) is 9.49. The Morgan fingerprint density at radius 3 is 1.41 bits per heavy atom. The van der Waals surface area contributed by atoms with Gasteiger partial charge in [0.25, 0.3) is 0 Å². The monoisotopic (exact) mass is 519 g/mol. The minimum absolute atomic E-state index is 1.21. The molecule has 0 spiro atoms. The van der Waals surface area contributed by atoms with Crippen molar-refractivity contribution in [1.29, 1.82) is 0 Å². The first-order valence-corrected chi connectivity index (χ1v) is 14.2. The van der Waals surface area contributed by atoms with Crippen molar-refractivity contribution >= 4 is 87.2 Å². The van der Waals surface area contributed by atoms with E-state index in [1.807, 2.05) is 0 Å². The number of hydrogen-bond donors (Lipinski definition) is 0. The molecule has 0 unspecified atom stereocenters. The van der Waals surface area contributed by atoms with E-state index < -0.39 is 0 Å². The lowest BCUT2D eigenvalue weighted by molar-refractivity contribution is 1.17. The molecular weight excluding hydrogens is 498 g/mol. The average Bonchev–Trinajstić information content (AvgIpc) is 3.80. The molecule has 5 aromatic heterocycles. The van der Waals surface area contributed by atoms with Gasteiger partial charge in [-0.2, -0.15) is 0 Å². The molecule has 0 amide bonds. The maximum absolute atomic E-state index is 2.57. The van der Waals surface area contributed by atoms with Crippen LogP contribution < -0.4 is 0 Å². The first-order valence-electron chi connectivity index (χ1n) is 14.2.